The van der Waals surface area contributed by atoms with Gasteiger partial charge in [-0.2, -0.15) is 0 Å². The van der Waals surface area contributed by atoms with E-state index in [9.17, 15) is 9.59 Å². The van der Waals surface area contributed by atoms with Gasteiger partial charge in [0.1, 0.15) is 0 Å². The van der Waals surface area contributed by atoms with Gasteiger partial charge in [-0.15, -0.1) is 0 Å². The van der Waals surface area contributed by atoms with Crippen LogP contribution in [0.3, 0.4) is 0 Å². The molecule has 2 aromatic rings. The first-order valence-electron chi connectivity index (χ1n) is 6.32. The second-order valence-corrected chi connectivity index (χ2v) is 5.13. The lowest BCUT2D eigenvalue weighted by Gasteiger charge is -2.14. The van der Waals surface area contributed by atoms with Crippen molar-refractivity contribution in [2.75, 3.05) is 6.54 Å². The number of Topliss-reactive ketones (excluding diaryl/α,β-unsaturated/α-hetero) is 1. The number of benzene rings is 2. The number of hydrogen-bond donors (Lipinski definition) is 0. The van der Waals surface area contributed by atoms with E-state index in [2.05, 4.69) is 0 Å². The van der Waals surface area contributed by atoms with Gasteiger partial charge in [-0.05, 0) is 23.8 Å². The molecule has 0 aliphatic carbocycles. The maximum absolute atomic E-state index is 12.2. The van der Waals surface area contributed by atoms with Crippen molar-refractivity contribution >= 4 is 23.3 Å². The number of ketones is 1. The van der Waals surface area contributed by atoms with Gasteiger partial charge in [0.15, 0.2) is 5.78 Å². The molecule has 0 saturated heterocycles. The van der Waals surface area contributed by atoms with E-state index in [1.807, 2.05) is 18.2 Å². The number of amides is 1. The highest BCUT2D eigenvalue weighted by molar-refractivity contribution is 6.34. The third kappa shape index (κ3) is 2.21. The van der Waals surface area contributed by atoms with Crippen molar-refractivity contribution in [2.24, 2.45) is 0 Å². The molecule has 0 radical (unpaired) electrons. The quantitative estimate of drug-likeness (QED) is 0.812. The summed E-state index contributed by atoms with van der Waals surface area (Å²) in [6.45, 7) is 0.530. The number of rotatable bonds is 3. The number of halogens is 1. The third-order valence-electron chi connectivity index (χ3n) is 3.40. The Morgan fingerprint density at radius 2 is 1.80 bits per heavy atom. The first kappa shape index (κ1) is 12.9. The van der Waals surface area contributed by atoms with E-state index in [1.54, 1.807) is 35.2 Å². The fourth-order valence-electron chi connectivity index (χ4n) is 2.39. The molecule has 3 nitrogen and oxygen atoms in total. The first-order valence-corrected chi connectivity index (χ1v) is 6.69. The second-order valence-electron chi connectivity index (χ2n) is 4.72. The molecule has 3 rings (SSSR count). The predicted molar refractivity (Wildman–Crippen MR) is 77.0 cm³/mol. The van der Waals surface area contributed by atoms with Gasteiger partial charge in [-0.25, -0.2) is 0 Å². The highest BCUT2D eigenvalue weighted by Gasteiger charge is 2.28. The molecule has 20 heavy (non-hydrogen) atoms. The molecule has 0 saturated carbocycles. The number of nitrogens with zero attached hydrogens (tertiary/aromatic N) is 1. The van der Waals surface area contributed by atoms with Crippen LogP contribution in [0.25, 0.3) is 0 Å². The van der Waals surface area contributed by atoms with Gasteiger partial charge in [-0.1, -0.05) is 41.9 Å². The molecule has 1 heterocycles. The maximum atomic E-state index is 12.2. The minimum atomic E-state index is -0.142. The van der Waals surface area contributed by atoms with Gasteiger partial charge in [0.05, 0.1) is 11.6 Å². The Morgan fingerprint density at radius 3 is 2.55 bits per heavy atom. The van der Waals surface area contributed by atoms with E-state index in [0.717, 1.165) is 5.56 Å². The van der Waals surface area contributed by atoms with Crippen LogP contribution in [0.15, 0.2) is 48.5 Å². The summed E-state index contributed by atoms with van der Waals surface area (Å²) >= 11 is 6.01. The molecule has 1 aliphatic heterocycles. The zero-order valence-electron chi connectivity index (χ0n) is 10.7. The summed E-state index contributed by atoms with van der Waals surface area (Å²) in [6.07, 6.45) is 0. The molecule has 0 aromatic heterocycles. The number of hydrogen-bond acceptors (Lipinski definition) is 2. The fraction of sp³-hybridized carbons (Fsp3) is 0.125. The monoisotopic (exact) mass is 285 g/mol. The molecule has 4 heteroatoms. The number of fused-ring (bicyclic) bond motifs is 1. The molecule has 0 fully saturated rings. The van der Waals surface area contributed by atoms with Crippen molar-refractivity contribution in [3.8, 4) is 0 Å². The lowest BCUT2D eigenvalue weighted by Crippen LogP contribution is -2.30. The van der Waals surface area contributed by atoms with Crippen molar-refractivity contribution in [3.63, 3.8) is 0 Å². The van der Waals surface area contributed by atoms with Crippen LogP contribution >= 0.6 is 11.6 Å². The van der Waals surface area contributed by atoms with Crippen LogP contribution in [0.4, 0.5) is 0 Å². The van der Waals surface area contributed by atoms with Crippen molar-refractivity contribution in [2.45, 2.75) is 6.54 Å². The van der Waals surface area contributed by atoms with Gasteiger partial charge in [0.25, 0.3) is 5.91 Å². The van der Waals surface area contributed by atoms with Crippen LogP contribution in [0.2, 0.25) is 5.02 Å². The van der Waals surface area contributed by atoms with Crippen molar-refractivity contribution in [3.05, 3.63) is 70.2 Å². The van der Waals surface area contributed by atoms with Crippen molar-refractivity contribution in [1.82, 2.24) is 4.90 Å². The van der Waals surface area contributed by atoms with Crippen LogP contribution in [0.1, 0.15) is 26.3 Å². The third-order valence-corrected chi connectivity index (χ3v) is 3.73. The minimum Gasteiger partial charge on any atom is -0.327 e. The summed E-state index contributed by atoms with van der Waals surface area (Å²) in [6, 6.07) is 14.3. The van der Waals surface area contributed by atoms with Crippen molar-refractivity contribution < 1.29 is 9.59 Å². The molecule has 1 amide bonds. The average Bonchev–Trinajstić information content (AvgIpc) is 2.76. The molecule has 1 aliphatic rings. The molecule has 0 atom stereocenters. The van der Waals surface area contributed by atoms with Gasteiger partial charge < -0.3 is 4.90 Å². The van der Waals surface area contributed by atoms with Crippen LogP contribution in [-0.4, -0.2) is 23.1 Å². The van der Waals surface area contributed by atoms with E-state index < -0.39 is 0 Å². The summed E-state index contributed by atoms with van der Waals surface area (Å²) < 4.78 is 0. The lowest BCUT2D eigenvalue weighted by molar-refractivity contribution is 0.0729. The highest BCUT2D eigenvalue weighted by atomic mass is 35.5. The zero-order chi connectivity index (χ0) is 14.1. The zero-order valence-corrected chi connectivity index (χ0v) is 11.4. The Labute approximate surface area is 121 Å². The molecule has 0 unspecified atom stereocenters. The lowest BCUT2D eigenvalue weighted by atomic mass is 10.1. The van der Waals surface area contributed by atoms with Gasteiger partial charge in [0.2, 0.25) is 0 Å². The molecular formula is C16H12ClNO2. The van der Waals surface area contributed by atoms with E-state index in [-0.39, 0.29) is 18.2 Å². The maximum Gasteiger partial charge on any atom is 0.254 e. The molecular weight excluding hydrogens is 274 g/mol. The standard InChI is InChI=1S/C16H12ClNO2/c17-14-8-4-3-7-13(14)15(19)10-18-9-11-5-1-2-6-12(11)16(18)20/h1-8H,9-10H2. The van der Waals surface area contributed by atoms with Crippen molar-refractivity contribution in [1.29, 1.82) is 0 Å². The Morgan fingerprint density at radius 1 is 1.10 bits per heavy atom. The molecule has 2 aromatic carbocycles. The Balaban J connectivity index is 1.79. The largest absolute Gasteiger partial charge is 0.327 e. The van der Waals surface area contributed by atoms with Gasteiger partial charge >= 0.3 is 0 Å². The summed E-state index contributed by atoms with van der Waals surface area (Å²) in [5.41, 5.74) is 2.10. The van der Waals surface area contributed by atoms with Crippen LogP contribution in [0, 0.1) is 0 Å². The number of carbonyl (C=O) groups excluding carboxylic acids is 2. The molecule has 100 valence electrons. The summed E-state index contributed by atoms with van der Waals surface area (Å²) in [7, 11) is 0. The fourth-order valence-corrected chi connectivity index (χ4v) is 2.63. The van der Waals surface area contributed by atoms with Crippen LogP contribution in [0.5, 0.6) is 0 Å². The Bertz CT molecular complexity index is 696. The predicted octanol–water partition coefficient (Wildman–Crippen LogP) is 3.18. The van der Waals surface area contributed by atoms with E-state index >= 15 is 0 Å². The van der Waals surface area contributed by atoms with E-state index in [4.69, 9.17) is 11.6 Å². The molecule has 0 bridgehead atoms. The summed E-state index contributed by atoms with van der Waals surface area (Å²) in [5.74, 6) is -0.238. The Hall–Kier alpha value is -2.13. The van der Waals surface area contributed by atoms with Crippen LogP contribution < -0.4 is 0 Å². The van der Waals surface area contributed by atoms with Crippen LogP contribution in [-0.2, 0) is 6.54 Å². The summed E-state index contributed by atoms with van der Waals surface area (Å²) in [5, 5.41) is 0.418. The highest BCUT2D eigenvalue weighted by Crippen LogP contribution is 2.23. The number of carbonyl (C=O) groups is 2. The van der Waals surface area contributed by atoms with E-state index in [0.29, 0.717) is 22.7 Å². The Kier molecular flexibility index (Phi) is 3.28. The normalized spacial score (nSPS) is 13.4. The van der Waals surface area contributed by atoms with Gasteiger partial charge in [0, 0.05) is 17.7 Å². The molecule has 0 N–H and O–H groups in total. The molecule has 0 spiro atoms. The van der Waals surface area contributed by atoms with E-state index in [1.165, 1.54) is 0 Å². The first-order chi connectivity index (χ1) is 9.66. The average molecular weight is 286 g/mol. The topological polar surface area (TPSA) is 37.4 Å². The SMILES string of the molecule is O=C(CN1Cc2ccccc2C1=O)c1ccccc1Cl. The summed E-state index contributed by atoms with van der Waals surface area (Å²) in [4.78, 5) is 26.0. The smallest absolute Gasteiger partial charge is 0.254 e. The minimum absolute atomic E-state index is 0.0528. The van der Waals surface area contributed by atoms with Gasteiger partial charge in [-0.3, -0.25) is 9.59 Å². The second kappa shape index (κ2) is 5.10.